The second-order valence-electron chi connectivity index (χ2n) is 2.70. The molecule has 1 heterocycles. The zero-order valence-corrected chi connectivity index (χ0v) is 9.96. The third-order valence-electron chi connectivity index (χ3n) is 1.59. The zero-order valence-electron chi connectivity index (χ0n) is 7.43. The maximum Gasteiger partial charge on any atom is 0.259 e. The topological polar surface area (TPSA) is 20.3 Å². The lowest BCUT2D eigenvalue weighted by Crippen LogP contribution is -2.09. The maximum absolute atomic E-state index is 12.1. The van der Waals surface area contributed by atoms with Crippen LogP contribution in [0.5, 0.6) is 0 Å². The Morgan fingerprint density at radius 1 is 1.23 bits per heavy atom. The average molecular weight is 231 g/mol. The van der Waals surface area contributed by atoms with Gasteiger partial charge in [0.15, 0.2) is 0 Å². The van der Waals surface area contributed by atoms with Gasteiger partial charge in [-0.1, -0.05) is 34.6 Å². The molecule has 0 aromatic rings. The Morgan fingerprint density at radius 3 is 1.85 bits per heavy atom. The Labute approximate surface area is 87.1 Å². The number of terminal acetylenes is 2. The highest BCUT2D eigenvalue weighted by molar-refractivity contribution is 8.91. The lowest BCUT2D eigenvalue weighted by Gasteiger charge is -2.16. The van der Waals surface area contributed by atoms with Crippen LogP contribution in [0.3, 0.4) is 0 Å². The molecule has 5 heteroatoms. The number of hydrogen-bond acceptors (Lipinski definition) is 3. The van der Waals surface area contributed by atoms with Gasteiger partial charge in [0.2, 0.25) is 0 Å². The molecule has 0 aliphatic carbocycles. The van der Waals surface area contributed by atoms with Crippen molar-refractivity contribution in [3.05, 3.63) is 0 Å². The van der Waals surface area contributed by atoms with Crippen LogP contribution in [-0.4, -0.2) is 29.3 Å². The molecular formula is C8H10NOPS2. The van der Waals surface area contributed by atoms with Gasteiger partial charge in [0, 0.05) is 0 Å². The van der Waals surface area contributed by atoms with Crippen molar-refractivity contribution in [3.63, 3.8) is 0 Å². The number of hydrogen-bond donors (Lipinski definition) is 0. The van der Waals surface area contributed by atoms with E-state index in [1.807, 2.05) is 0 Å². The molecule has 70 valence electrons. The van der Waals surface area contributed by atoms with Gasteiger partial charge in [-0.05, 0) is 14.1 Å². The van der Waals surface area contributed by atoms with Crippen molar-refractivity contribution in [1.29, 1.82) is 0 Å². The molecule has 0 aromatic heterocycles. The number of nitrogens with zero attached hydrogens (tertiary/aromatic N) is 1. The SMILES string of the molecule is C#CC1SP(=O)(N(C)C)SC1C#C. The minimum absolute atomic E-state index is 0.122. The van der Waals surface area contributed by atoms with Gasteiger partial charge >= 0.3 is 0 Å². The molecule has 1 rings (SSSR count). The van der Waals surface area contributed by atoms with Crippen molar-refractivity contribution in [3.8, 4) is 24.7 Å². The third kappa shape index (κ3) is 2.09. The predicted octanol–water partition coefficient (Wildman–Crippen LogP) is 2.14. The van der Waals surface area contributed by atoms with Crippen molar-refractivity contribution in [2.75, 3.05) is 14.1 Å². The van der Waals surface area contributed by atoms with Gasteiger partial charge in [0.1, 0.15) is 0 Å². The summed E-state index contributed by atoms with van der Waals surface area (Å²) in [6, 6.07) is 0. The fraction of sp³-hybridized carbons (Fsp3) is 0.500. The van der Waals surface area contributed by atoms with Crippen LogP contribution in [0.4, 0.5) is 0 Å². The van der Waals surface area contributed by atoms with E-state index >= 15 is 0 Å². The summed E-state index contributed by atoms with van der Waals surface area (Å²) in [6.07, 6.45) is 10.6. The van der Waals surface area contributed by atoms with Crippen molar-refractivity contribution in [1.82, 2.24) is 4.67 Å². The van der Waals surface area contributed by atoms with Crippen LogP contribution >= 0.6 is 28.5 Å². The quantitative estimate of drug-likeness (QED) is 0.508. The molecule has 1 fully saturated rings. The van der Waals surface area contributed by atoms with Crippen molar-refractivity contribution >= 4 is 28.5 Å². The van der Waals surface area contributed by atoms with Crippen molar-refractivity contribution in [2.24, 2.45) is 0 Å². The third-order valence-corrected chi connectivity index (χ3v) is 11.0. The van der Waals surface area contributed by atoms with Crippen molar-refractivity contribution < 1.29 is 4.57 Å². The Bertz CT molecular complexity index is 302. The van der Waals surface area contributed by atoms with Gasteiger partial charge in [-0.15, -0.1) is 12.8 Å². The van der Waals surface area contributed by atoms with E-state index < -0.39 is 5.70 Å². The Balaban J connectivity index is 2.88. The molecule has 2 atom stereocenters. The van der Waals surface area contributed by atoms with E-state index in [-0.39, 0.29) is 10.5 Å². The molecule has 2 unspecified atom stereocenters. The van der Waals surface area contributed by atoms with Crippen molar-refractivity contribution in [2.45, 2.75) is 10.5 Å². The van der Waals surface area contributed by atoms with Gasteiger partial charge in [-0.3, -0.25) is 4.57 Å². The second kappa shape index (κ2) is 4.03. The lowest BCUT2D eigenvalue weighted by atomic mass is 10.3. The highest BCUT2D eigenvalue weighted by Gasteiger charge is 2.43. The molecule has 0 amide bonds. The summed E-state index contributed by atoms with van der Waals surface area (Å²) in [5, 5.41) is -0.244. The molecule has 0 saturated carbocycles. The number of rotatable bonds is 1. The highest BCUT2D eigenvalue weighted by atomic mass is 33.1. The van der Waals surface area contributed by atoms with Gasteiger partial charge in [-0.25, -0.2) is 4.67 Å². The van der Waals surface area contributed by atoms with Crippen LogP contribution in [0.25, 0.3) is 0 Å². The zero-order chi connectivity index (χ0) is 10.1. The first-order valence-electron chi connectivity index (χ1n) is 3.60. The summed E-state index contributed by atoms with van der Waals surface area (Å²) in [5.41, 5.74) is -2.41. The summed E-state index contributed by atoms with van der Waals surface area (Å²) >= 11 is 2.64. The molecule has 0 aromatic carbocycles. The standard InChI is InChI=1S/C8H10NOPS2/c1-5-7-8(6-2)13-11(10,12-7)9(3)4/h1-2,7-8H,3-4H3. The summed E-state index contributed by atoms with van der Waals surface area (Å²) < 4.78 is 13.8. The largest absolute Gasteiger partial charge is 0.283 e. The van der Waals surface area contributed by atoms with Crippen LogP contribution in [0.1, 0.15) is 0 Å². The fourth-order valence-corrected chi connectivity index (χ4v) is 9.39. The fourth-order valence-electron chi connectivity index (χ4n) is 0.847. The van der Waals surface area contributed by atoms with E-state index in [4.69, 9.17) is 12.8 Å². The van der Waals surface area contributed by atoms with Crippen LogP contribution in [-0.2, 0) is 4.57 Å². The monoisotopic (exact) mass is 231 g/mol. The molecule has 1 aliphatic rings. The van der Waals surface area contributed by atoms with Crippen LogP contribution in [0.15, 0.2) is 0 Å². The smallest absolute Gasteiger partial charge is 0.259 e. The lowest BCUT2D eigenvalue weighted by molar-refractivity contribution is 0.544. The molecule has 0 spiro atoms. The van der Waals surface area contributed by atoms with E-state index in [0.29, 0.717) is 0 Å². The molecule has 1 saturated heterocycles. The Morgan fingerprint density at radius 2 is 1.62 bits per heavy atom. The molecule has 1 aliphatic heterocycles. The molecule has 0 N–H and O–H groups in total. The van der Waals surface area contributed by atoms with E-state index in [1.54, 1.807) is 18.8 Å². The van der Waals surface area contributed by atoms with Gasteiger partial charge < -0.3 is 0 Å². The molecular weight excluding hydrogens is 221 g/mol. The summed E-state index contributed by atoms with van der Waals surface area (Å²) in [6.45, 7) is 0. The minimum Gasteiger partial charge on any atom is -0.283 e. The van der Waals surface area contributed by atoms with E-state index in [0.717, 1.165) is 0 Å². The first-order valence-corrected chi connectivity index (χ1v) is 8.23. The second-order valence-corrected chi connectivity index (χ2v) is 10.8. The average Bonchev–Trinajstić information content (AvgIpc) is 2.43. The van der Waals surface area contributed by atoms with E-state index in [2.05, 4.69) is 11.8 Å². The van der Waals surface area contributed by atoms with Gasteiger partial charge in [-0.2, -0.15) is 0 Å². The van der Waals surface area contributed by atoms with Crippen LogP contribution in [0.2, 0.25) is 0 Å². The highest BCUT2D eigenvalue weighted by Crippen LogP contribution is 2.78. The Kier molecular flexibility index (Phi) is 3.44. The first-order chi connectivity index (χ1) is 6.03. The first kappa shape index (κ1) is 11.1. The van der Waals surface area contributed by atoms with Gasteiger partial charge in [0.25, 0.3) is 5.70 Å². The predicted molar refractivity (Wildman–Crippen MR) is 61.7 cm³/mol. The molecule has 2 nitrogen and oxygen atoms in total. The van der Waals surface area contributed by atoms with Crippen LogP contribution in [0, 0.1) is 24.7 Å². The Hall–Kier alpha value is 0.01000. The summed E-state index contributed by atoms with van der Waals surface area (Å²) in [5.74, 6) is 5.15. The van der Waals surface area contributed by atoms with Gasteiger partial charge in [0.05, 0.1) is 10.5 Å². The molecule has 13 heavy (non-hydrogen) atoms. The van der Waals surface area contributed by atoms with Crippen LogP contribution < -0.4 is 0 Å². The molecule has 0 bridgehead atoms. The van der Waals surface area contributed by atoms with E-state index in [9.17, 15) is 4.57 Å². The maximum atomic E-state index is 12.1. The minimum atomic E-state index is -2.41. The summed E-state index contributed by atoms with van der Waals surface area (Å²) in [7, 11) is 3.57. The van der Waals surface area contributed by atoms with E-state index in [1.165, 1.54) is 22.8 Å². The molecule has 0 radical (unpaired) electrons. The normalized spacial score (nSPS) is 38.5. The summed E-state index contributed by atoms with van der Waals surface area (Å²) in [4.78, 5) is 0.